The van der Waals surface area contributed by atoms with E-state index in [9.17, 15) is 10.0 Å². The summed E-state index contributed by atoms with van der Waals surface area (Å²) in [5.74, 6) is 0. The highest BCUT2D eigenvalue weighted by Gasteiger charge is 2.23. The van der Waals surface area contributed by atoms with Gasteiger partial charge in [-0.2, -0.15) is 0 Å². The van der Waals surface area contributed by atoms with E-state index in [2.05, 4.69) is 313 Å². The van der Waals surface area contributed by atoms with Gasteiger partial charge in [-0.25, -0.2) is 0 Å². The third-order valence-corrected chi connectivity index (χ3v) is 17.7. The molecule has 0 aliphatic heterocycles. The summed E-state index contributed by atoms with van der Waals surface area (Å²) in [6.07, 6.45) is 2.03. The summed E-state index contributed by atoms with van der Waals surface area (Å²) in [5, 5.41) is 21.0. The molecule has 1 aromatic heterocycles. The molecule has 0 unspecified atom stereocenters. The lowest BCUT2D eigenvalue weighted by Gasteiger charge is -2.25. The van der Waals surface area contributed by atoms with Gasteiger partial charge in [-0.3, -0.25) is 0 Å². The fraction of sp³-hybridized carbons (Fsp3) is 0.0250. The van der Waals surface area contributed by atoms with Gasteiger partial charge < -0.3 is 24.4 Å². The molecule has 5 nitrogen and oxygen atoms in total. The summed E-state index contributed by atoms with van der Waals surface area (Å²) < 4.78 is 4.49. The minimum Gasteiger partial charge on any atom is -0.423 e. The van der Waals surface area contributed by atoms with Crippen molar-refractivity contribution in [2.24, 2.45) is 0 Å². The Kier molecular flexibility index (Phi) is 15.9. The first-order chi connectivity index (χ1) is 43.3. The van der Waals surface area contributed by atoms with Crippen LogP contribution in [-0.4, -0.2) is 21.7 Å². The molecule has 0 radical (unpaired) electrons. The summed E-state index contributed by atoms with van der Waals surface area (Å²) in [7, 11) is -1.46. The average molecular weight is 1260 g/mol. The Morgan fingerprint density at radius 2 is 0.636 bits per heavy atom. The SMILES string of the molecule is Brc1ccc2c(c1)-c1cc(Br)ccc1C2.OB(O)c1ccc2c(c1)c1ccccc1n2-c1ccccc1.c1ccc(N(c2ccccc2)c2ccc(-c3ccc4c(c3)-c3cc(-c5ccc(N(c6ccccc6)c6ccccc6)cc5)ccc3C4)cc2)cc1. The smallest absolute Gasteiger partial charge is 0.423 e. The maximum Gasteiger partial charge on any atom is 0.488 e. The van der Waals surface area contributed by atoms with Crippen LogP contribution in [0.4, 0.5) is 34.1 Å². The Bertz CT molecular complexity index is 4470. The number of rotatable bonds is 10. The van der Waals surface area contributed by atoms with Crippen LogP contribution < -0.4 is 15.3 Å². The fourth-order valence-corrected chi connectivity index (χ4v) is 13.2. The van der Waals surface area contributed by atoms with Crippen LogP contribution in [0.1, 0.15) is 22.3 Å². The van der Waals surface area contributed by atoms with Crippen LogP contribution in [0.5, 0.6) is 0 Å². The molecular formula is C80H58BBr2N3O2. The van der Waals surface area contributed by atoms with Crippen LogP contribution in [0.2, 0.25) is 0 Å². The van der Waals surface area contributed by atoms with Crippen LogP contribution in [-0.2, 0) is 12.8 Å². The molecule has 0 atom stereocenters. The molecule has 1 heterocycles. The van der Waals surface area contributed by atoms with E-state index in [-0.39, 0.29) is 0 Å². The van der Waals surface area contributed by atoms with Crippen molar-refractivity contribution in [3.05, 3.63) is 347 Å². The van der Waals surface area contributed by atoms with Crippen LogP contribution >= 0.6 is 31.9 Å². The number of halogens is 2. The number of anilines is 6. The normalized spacial score (nSPS) is 11.5. The van der Waals surface area contributed by atoms with E-state index in [4.69, 9.17) is 0 Å². The minimum absolute atomic E-state index is 0.503. The summed E-state index contributed by atoms with van der Waals surface area (Å²) in [5.41, 5.74) is 26.5. The van der Waals surface area contributed by atoms with Gasteiger partial charge in [0.15, 0.2) is 0 Å². The number of hydrogen-bond acceptors (Lipinski definition) is 4. The molecule has 0 bridgehead atoms. The van der Waals surface area contributed by atoms with Crippen LogP contribution in [0.25, 0.3) is 72.0 Å². The number of hydrogen-bond donors (Lipinski definition) is 2. The fourth-order valence-electron chi connectivity index (χ4n) is 12.5. The van der Waals surface area contributed by atoms with Gasteiger partial charge in [0.05, 0.1) is 11.0 Å². The van der Waals surface area contributed by atoms with Crippen molar-refractivity contribution in [1.29, 1.82) is 0 Å². The van der Waals surface area contributed by atoms with E-state index in [0.29, 0.717) is 5.46 Å². The molecule has 2 N–H and O–H groups in total. The van der Waals surface area contributed by atoms with Gasteiger partial charge in [-0.05, 0) is 219 Å². The van der Waals surface area contributed by atoms with E-state index in [1.807, 2.05) is 42.5 Å². The van der Waals surface area contributed by atoms with Crippen molar-refractivity contribution in [3.63, 3.8) is 0 Å². The number of nitrogens with zero attached hydrogens (tertiary/aromatic N) is 3. The maximum absolute atomic E-state index is 9.43. The Labute approximate surface area is 530 Å². The molecule has 0 spiro atoms. The lowest BCUT2D eigenvalue weighted by molar-refractivity contribution is 0.426. The topological polar surface area (TPSA) is 51.9 Å². The van der Waals surface area contributed by atoms with Gasteiger partial charge >= 0.3 is 7.12 Å². The molecule has 0 fully saturated rings. The average Bonchev–Trinajstić information content (AvgIpc) is 1.97. The first-order valence-electron chi connectivity index (χ1n) is 29.6. The molecule has 8 heteroatoms. The molecule has 422 valence electrons. The van der Waals surface area contributed by atoms with Crippen LogP contribution in [0.15, 0.2) is 324 Å². The molecule has 14 aromatic rings. The third-order valence-electron chi connectivity index (χ3n) is 16.7. The lowest BCUT2D eigenvalue weighted by Crippen LogP contribution is -2.29. The predicted octanol–water partition coefficient (Wildman–Crippen LogP) is 20.8. The largest absolute Gasteiger partial charge is 0.488 e. The third kappa shape index (κ3) is 11.4. The zero-order valence-corrected chi connectivity index (χ0v) is 51.2. The summed E-state index contributed by atoms with van der Waals surface area (Å²) in [6, 6.07) is 111. The summed E-state index contributed by atoms with van der Waals surface area (Å²) in [4.78, 5) is 4.61. The molecule has 2 aliphatic rings. The monoisotopic (exact) mass is 1260 g/mol. The number of benzene rings is 13. The van der Waals surface area contributed by atoms with Gasteiger partial charge in [0.2, 0.25) is 0 Å². The van der Waals surface area contributed by atoms with Crippen molar-refractivity contribution in [3.8, 4) is 50.2 Å². The Hall–Kier alpha value is -9.80. The standard InChI is InChI=1S/C49H36N2.C18H14BNO2.C13H8Br2/c1-5-13-42(14-6-1)50(43-15-7-2-8-16-43)46-29-25-36(26-30-46)38-21-23-40-33-41-24-22-39(35-49(41)48(40)34-38)37-27-31-47(32-28-37)51(44-17-9-3-10-18-44)45-19-11-4-12-20-45;21-19(22)13-10-11-18-16(12-13)15-8-4-5-9-17(15)20(18)14-6-2-1-3-7-14;14-10-3-1-8-5-9-2-4-11(15)7-13(9)12(8)6-10/h1-32,34-35H,33H2;1-12,21-22H;1-4,6-7H,5H2. The molecule has 13 aromatic carbocycles. The van der Waals surface area contributed by atoms with Crippen molar-refractivity contribution in [1.82, 2.24) is 4.57 Å². The zero-order chi connectivity index (χ0) is 59.5. The molecule has 16 rings (SSSR count). The van der Waals surface area contributed by atoms with E-state index in [1.165, 1.54) is 66.8 Å². The van der Waals surface area contributed by atoms with Crippen LogP contribution in [0, 0.1) is 0 Å². The van der Waals surface area contributed by atoms with Crippen LogP contribution in [0.3, 0.4) is 0 Å². The highest BCUT2D eigenvalue weighted by Crippen LogP contribution is 2.44. The van der Waals surface area contributed by atoms with Gasteiger partial charge in [-0.15, -0.1) is 0 Å². The molecule has 88 heavy (non-hydrogen) atoms. The number of fused-ring (bicyclic) bond motifs is 9. The van der Waals surface area contributed by atoms with E-state index < -0.39 is 7.12 Å². The van der Waals surface area contributed by atoms with Crippen molar-refractivity contribution < 1.29 is 10.0 Å². The molecule has 2 aliphatic carbocycles. The second-order valence-corrected chi connectivity index (χ2v) is 24.0. The van der Waals surface area contributed by atoms with Crippen molar-refractivity contribution in [2.75, 3.05) is 9.80 Å². The second-order valence-electron chi connectivity index (χ2n) is 22.1. The van der Waals surface area contributed by atoms with Crippen molar-refractivity contribution >= 4 is 100 Å². The van der Waals surface area contributed by atoms with Gasteiger partial charge in [0.25, 0.3) is 0 Å². The molecular weight excluding hydrogens is 1210 g/mol. The summed E-state index contributed by atoms with van der Waals surface area (Å²) in [6.45, 7) is 0. The molecule has 0 saturated carbocycles. The first kappa shape index (κ1) is 56.0. The van der Waals surface area contributed by atoms with Gasteiger partial charge in [-0.1, -0.05) is 214 Å². The zero-order valence-electron chi connectivity index (χ0n) is 48.0. The Morgan fingerprint density at radius 1 is 0.295 bits per heavy atom. The number of para-hydroxylation sites is 6. The predicted molar refractivity (Wildman–Crippen MR) is 376 cm³/mol. The second kappa shape index (κ2) is 24.9. The molecule has 0 saturated heterocycles. The van der Waals surface area contributed by atoms with Gasteiger partial charge in [0, 0.05) is 59.5 Å². The minimum atomic E-state index is -1.46. The first-order valence-corrected chi connectivity index (χ1v) is 31.2. The Morgan fingerprint density at radius 3 is 1.06 bits per heavy atom. The quantitative estimate of drug-likeness (QED) is 0.134. The Balaban J connectivity index is 0.000000149. The van der Waals surface area contributed by atoms with Crippen molar-refractivity contribution in [2.45, 2.75) is 12.8 Å². The van der Waals surface area contributed by atoms with E-state index >= 15 is 0 Å². The lowest BCUT2D eigenvalue weighted by atomic mass is 9.80. The van der Waals surface area contributed by atoms with Gasteiger partial charge in [0.1, 0.15) is 0 Å². The maximum atomic E-state index is 9.43. The number of aromatic nitrogens is 1. The van der Waals surface area contributed by atoms with E-state index in [1.54, 1.807) is 6.07 Å². The highest BCUT2D eigenvalue weighted by atomic mass is 79.9. The highest BCUT2D eigenvalue weighted by molar-refractivity contribution is 9.10. The molecule has 0 amide bonds. The van der Waals surface area contributed by atoms with E-state index in [0.717, 1.165) is 83.4 Å². The summed E-state index contributed by atoms with van der Waals surface area (Å²) >= 11 is 7.05.